The Morgan fingerprint density at radius 2 is 2.00 bits per heavy atom. The van der Waals surface area contributed by atoms with Gasteiger partial charge in [0.05, 0.1) is 12.2 Å². The Bertz CT molecular complexity index is 440. The van der Waals surface area contributed by atoms with Gasteiger partial charge in [0.25, 0.3) is 0 Å². The Kier molecular flexibility index (Phi) is 4.06. The van der Waals surface area contributed by atoms with Crippen LogP contribution in [0, 0.1) is 0 Å². The van der Waals surface area contributed by atoms with E-state index < -0.39 is 18.0 Å². The molecular formula is C11H12O6. The molecule has 0 aliphatic rings. The van der Waals surface area contributed by atoms with Gasteiger partial charge in [-0.3, -0.25) is 0 Å². The molecule has 1 rings (SSSR count). The number of phenolic OH excluding ortho intramolecular Hbond substituents is 1. The topological polar surface area (TPSA) is 104 Å². The van der Waals surface area contributed by atoms with Crippen LogP contribution in [-0.4, -0.2) is 33.4 Å². The molecule has 17 heavy (non-hydrogen) atoms. The summed E-state index contributed by atoms with van der Waals surface area (Å²) in [7, 11) is 0. The van der Waals surface area contributed by atoms with Crippen molar-refractivity contribution in [1.82, 2.24) is 0 Å². The van der Waals surface area contributed by atoms with Gasteiger partial charge in [-0.2, -0.15) is 0 Å². The second-order valence-electron chi connectivity index (χ2n) is 3.44. The van der Waals surface area contributed by atoms with E-state index in [1.807, 2.05) is 0 Å². The molecule has 0 aliphatic heterocycles. The molecule has 6 nitrogen and oxygen atoms in total. The first-order valence-corrected chi connectivity index (χ1v) is 4.81. The maximum Gasteiger partial charge on any atom is 0.335 e. The van der Waals surface area contributed by atoms with Crippen LogP contribution in [0.25, 0.3) is 0 Å². The molecular weight excluding hydrogens is 228 g/mol. The third kappa shape index (κ3) is 3.46. The van der Waals surface area contributed by atoms with Gasteiger partial charge < -0.3 is 20.1 Å². The van der Waals surface area contributed by atoms with Crippen molar-refractivity contribution in [1.29, 1.82) is 0 Å². The number of ether oxygens (including phenoxy) is 1. The van der Waals surface area contributed by atoms with Crippen LogP contribution < -0.4 is 0 Å². The number of hydrogen-bond donors (Lipinski definition) is 3. The minimum Gasteiger partial charge on any atom is -0.508 e. The molecule has 0 amide bonds. The Morgan fingerprint density at radius 3 is 2.53 bits per heavy atom. The zero-order chi connectivity index (χ0) is 13.0. The van der Waals surface area contributed by atoms with E-state index in [0.29, 0.717) is 0 Å². The molecule has 0 radical (unpaired) electrons. The normalized spacial score (nSPS) is 12.1. The van der Waals surface area contributed by atoms with E-state index in [-0.39, 0.29) is 23.5 Å². The highest BCUT2D eigenvalue weighted by Crippen LogP contribution is 2.20. The number of benzene rings is 1. The molecule has 0 spiro atoms. The molecule has 0 saturated carbocycles. The summed E-state index contributed by atoms with van der Waals surface area (Å²) in [5.41, 5.74) is 0.238. The van der Waals surface area contributed by atoms with Gasteiger partial charge in [-0.1, -0.05) is 0 Å². The van der Waals surface area contributed by atoms with Crippen LogP contribution in [0.1, 0.15) is 22.8 Å². The fraction of sp³-hybridized carbons (Fsp3) is 0.273. The van der Waals surface area contributed by atoms with Crippen molar-refractivity contribution in [3.63, 3.8) is 0 Å². The van der Waals surface area contributed by atoms with Gasteiger partial charge in [-0.25, -0.2) is 9.59 Å². The van der Waals surface area contributed by atoms with Crippen LogP contribution >= 0.6 is 0 Å². The number of hydrogen-bond acceptors (Lipinski definition) is 4. The average Bonchev–Trinajstić information content (AvgIpc) is 2.26. The van der Waals surface area contributed by atoms with Crippen molar-refractivity contribution >= 4 is 11.9 Å². The first-order valence-electron chi connectivity index (χ1n) is 4.81. The highest BCUT2D eigenvalue weighted by atomic mass is 16.5. The highest BCUT2D eigenvalue weighted by molar-refractivity contribution is 5.88. The van der Waals surface area contributed by atoms with E-state index in [2.05, 4.69) is 0 Å². The van der Waals surface area contributed by atoms with Gasteiger partial charge in [0.15, 0.2) is 6.10 Å². The Hall–Kier alpha value is -2.08. The quantitative estimate of drug-likeness (QED) is 0.711. The molecule has 1 aromatic carbocycles. The fourth-order valence-corrected chi connectivity index (χ4v) is 1.12. The lowest BCUT2D eigenvalue weighted by molar-refractivity contribution is -0.149. The van der Waals surface area contributed by atoms with Crippen LogP contribution in [0.5, 0.6) is 5.75 Å². The molecule has 0 unspecified atom stereocenters. The average molecular weight is 240 g/mol. The second-order valence-corrected chi connectivity index (χ2v) is 3.44. The van der Waals surface area contributed by atoms with Gasteiger partial charge in [0.1, 0.15) is 5.75 Å². The first kappa shape index (κ1) is 13.0. The Balaban J connectivity index is 2.79. The number of carboxylic acids is 2. The lowest BCUT2D eigenvalue weighted by Gasteiger charge is -2.10. The van der Waals surface area contributed by atoms with E-state index in [9.17, 15) is 14.7 Å². The third-order valence-corrected chi connectivity index (χ3v) is 2.16. The standard InChI is InChI=1S/C11H12O6/c1-6(10(13)14)17-5-8-4-7(11(15)16)2-3-9(8)12/h2-4,6,12H,5H2,1H3,(H,13,14)(H,15,16)/t6-/m1/s1. The van der Waals surface area contributed by atoms with Crippen molar-refractivity contribution < 1.29 is 29.6 Å². The SMILES string of the molecule is C[C@@H](OCc1cc(C(=O)O)ccc1O)C(=O)O. The molecule has 0 aliphatic carbocycles. The van der Waals surface area contributed by atoms with Gasteiger partial charge in [0.2, 0.25) is 0 Å². The first-order chi connectivity index (χ1) is 7.91. The molecule has 0 aromatic heterocycles. The van der Waals surface area contributed by atoms with E-state index in [4.69, 9.17) is 14.9 Å². The molecule has 3 N–H and O–H groups in total. The zero-order valence-electron chi connectivity index (χ0n) is 9.08. The largest absolute Gasteiger partial charge is 0.508 e. The number of carbonyl (C=O) groups is 2. The Labute approximate surface area is 97.1 Å². The number of phenols is 1. The van der Waals surface area contributed by atoms with Gasteiger partial charge in [-0.15, -0.1) is 0 Å². The zero-order valence-corrected chi connectivity index (χ0v) is 9.08. The van der Waals surface area contributed by atoms with E-state index in [0.717, 1.165) is 0 Å². The van der Waals surface area contributed by atoms with Crippen LogP contribution in [0.15, 0.2) is 18.2 Å². The van der Waals surface area contributed by atoms with Crippen molar-refractivity contribution in [2.75, 3.05) is 0 Å². The number of aromatic hydroxyl groups is 1. The monoisotopic (exact) mass is 240 g/mol. The predicted octanol–water partition coefficient (Wildman–Crippen LogP) is 1.08. The number of carboxylic acid groups (broad SMARTS) is 2. The van der Waals surface area contributed by atoms with Crippen molar-refractivity contribution in [2.24, 2.45) is 0 Å². The maximum absolute atomic E-state index is 10.7. The van der Waals surface area contributed by atoms with Gasteiger partial charge >= 0.3 is 11.9 Å². The molecule has 1 aromatic rings. The number of aliphatic carboxylic acids is 1. The molecule has 0 fully saturated rings. The molecule has 0 heterocycles. The highest BCUT2D eigenvalue weighted by Gasteiger charge is 2.13. The second kappa shape index (κ2) is 5.31. The van der Waals surface area contributed by atoms with E-state index in [1.54, 1.807) is 0 Å². The number of aromatic carboxylic acids is 1. The van der Waals surface area contributed by atoms with Crippen LogP contribution in [-0.2, 0) is 16.1 Å². The van der Waals surface area contributed by atoms with Gasteiger partial charge in [-0.05, 0) is 25.1 Å². The molecule has 0 bridgehead atoms. The summed E-state index contributed by atoms with van der Waals surface area (Å²) in [6, 6.07) is 3.72. The summed E-state index contributed by atoms with van der Waals surface area (Å²) in [5.74, 6) is -2.39. The Morgan fingerprint density at radius 1 is 1.35 bits per heavy atom. The summed E-state index contributed by atoms with van der Waals surface area (Å²) >= 11 is 0. The summed E-state index contributed by atoms with van der Waals surface area (Å²) < 4.78 is 4.95. The van der Waals surface area contributed by atoms with Crippen molar-refractivity contribution in [3.05, 3.63) is 29.3 Å². The molecule has 0 saturated heterocycles. The minimum absolute atomic E-state index is 0.00405. The van der Waals surface area contributed by atoms with Crippen molar-refractivity contribution in [3.8, 4) is 5.75 Å². The maximum atomic E-state index is 10.7. The minimum atomic E-state index is -1.13. The van der Waals surface area contributed by atoms with E-state index >= 15 is 0 Å². The summed E-state index contributed by atoms with van der Waals surface area (Å²) in [4.78, 5) is 21.2. The van der Waals surface area contributed by atoms with Crippen LogP contribution in [0.2, 0.25) is 0 Å². The van der Waals surface area contributed by atoms with Crippen LogP contribution in [0.3, 0.4) is 0 Å². The molecule has 1 atom stereocenters. The summed E-state index contributed by atoms with van der Waals surface area (Å²) in [5, 5.41) is 26.8. The third-order valence-electron chi connectivity index (χ3n) is 2.16. The fourth-order valence-electron chi connectivity index (χ4n) is 1.12. The van der Waals surface area contributed by atoms with Gasteiger partial charge in [0, 0.05) is 5.56 Å². The lowest BCUT2D eigenvalue weighted by Crippen LogP contribution is -2.19. The lowest BCUT2D eigenvalue weighted by atomic mass is 10.1. The molecule has 92 valence electrons. The van der Waals surface area contributed by atoms with E-state index in [1.165, 1.54) is 25.1 Å². The number of rotatable bonds is 5. The smallest absolute Gasteiger partial charge is 0.335 e. The summed E-state index contributed by atoms with van der Waals surface area (Å²) in [6.45, 7) is 1.18. The molecule has 6 heteroatoms. The van der Waals surface area contributed by atoms with Crippen molar-refractivity contribution in [2.45, 2.75) is 19.6 Å². The van der Waals surface area contributed by atoms with Crippen LogP contribution in [0.4, 0.5) is 0 Å². The summed E-state index contributed by atoms with van der Waals surface area (Å²) in [6.07, 6.45) is -1.03. The predicted molar refractivity (Wildman–Crippen MR) is 57.0 cm³/mol.